The monoisotopic (exact) mass is 412 g/mol. The number of quaternary nitrogens is 1. The summed E-state index contributed by atoms with van der Waals surface area (Å²) in [6, 6.07) is 10.5. The Hall–Kier alpha value is -2.02. The van der Waals surface area contributed by atoms with Gasteiger partial charge in [-0.1, -0.05) is 24.3 Å². The molecule has 1 amide bonds. The highest BCUT2D eigenvalue weighted by Gasteiger charge is 2.18. The van der Waals surface area contributed by atoms with E-state index in [-0.39, 0.29) is 5.91 Å². The Morgan fingerprint density at radius 2 is 1.93 bits per heavy atom. The second kappa shape index (κ2) is 8.99. The Bertz CT molecular complexity index is 927. The van der Waals surface area contributed by atoms with Gasteiger partial charge < -0.3 is 10.2 Å². The van der Waals surface area contributed by atoms with E-state index in [4.69, 9.17) is 0 Å². The van der Waals surface area contributed by atoms with Crippen molar-refractivity contribution in [2.75, 3.05) is 13.1 Å². The molecular formula is C22H26N3OS2+. The van der Waals surface area contributed by atoms with Crippen molar-refractivity contribution in [1.29, 1.82) is 0 Å². The van der Waals surface area contributed by atoms with E-state index in [2.05, 4.69) is 39.9 Å². The van der Waals surface area contributed by atoms with Gasteiger partial charge in [0.1, 0.15) is 16.4 Å². The fourth-order valence-corrected chi connectivity index (χ4v) is 5.47. The molecule has 4 nitrogen and oxygen atoms in total. The number of amides is 1. The number of piperidine rings is 1. The van der Waals surface area contributed by atoms with Crippen LogP contribution in [0.15, 0.2) is 41.1 Å². The lowest BCUT2D eigenvalue weighted by Crippen LogP contribution is -3.11. The van der Waals surface area contributed by atoms with Gasteiger partial charge in [-0.15, -0.1) is 11.3 Å². The highest BCUT2D eigenvalue weighted by molar-refractivity contribution is 7.17. The summed E-state index contributed by atoms with van der Waals surface area (Å²) in [7, 11) is 0. The van der Waals surface area contributed by atoms with Crippen molar-refractivity contribution in [3.63, 3.8) is 0 Å². The molecule has 1 aliphatic heterocycles. The first-order valence-corrected chi connectivity index (χ1v) is 11.6. The van der Waals surface area contributed by atoms with Gasteiger partial charge in [-0.05, 0) is 43.2 Å². The van der Waals surface area contributed by atoms with Crippen LogP contribution in [0, 0.1) is 6.92 Å². The molecule has 1 aliphatic rings. The number of rotatable bonds is 6. The van der Waals surface area contributed by atoms with E-state index < -0.39 is 0 Å². The molecule has 3 heterocycles. The predicted octanol–water partition coefficient (Wildman–Crippen LogP) is 3.68. The molecule has 28 heavy (non-hydrogen) atoms. The first-order chi connectivity index (χ1) is 13.7. The number of thiazole rings is 1. The van der Waals surface area contributed by atoms with Crippen LogP contribution < -0.4 is 10.2 Å². The predicted molar refractivity (Wildman–Crippen MR) is 116 cm³/mol. The zero-order valence-electron chi connectivity index (χ0n) is 16.2. The highest BCUT2D eigenvalue weighted by Crippen LogP contribution is 2.29. The summed E-state index contributed by atoms with van der Waals surface area (Å²) in [5.41, 5.74) is 4.45. The summed E-state index contributed by atoms with van der Waals surface area (Å²) in [6.07, 6.45) is 4.01. The van der Waals surface area contributed by atoms with E-state index >= 15 is 0 Å². The normalized spacial score (nSPS) is 14.9. The Morgan fingerprint density at radius 3 is 2.68 bits per heavy atom. The van der Waals surface area contributed by atoms with Crippen LogP contribution in [0.4, 0.5) is 0 Å². The fourth-order valence-electron chi connectivity index (χ4n) is 3.77. The summed E-state index contributed by atoms with van der Waals surface area (Å²) in [6.45, 7) is 6.04. The highest BCUT2D eigenvalue weighted by atomic mass is 32.1. The Labute approximate surface area is 174 Å². The van der Waals surface area contributed by atoms with Crippen molar-refractivity contribution in [3.05, 3.63) is 62.8 Å². The second-order valence-electron chi connectivity index (χ2n) is 7.38. The summed E-state index contributed by atoms with van der Waals surface area (Å²) < 4.78 is 0. The zero-order chi connectivity index (χ0) is 19.3. The third-order valence-electron chi connectivity index (χ3n) is 5.33. The van der Waals surface area contributed by atoms with E-state index in [1.165, 1.54) is 54.8 Å². The molecule has 1 aromatic carbocycles. The lowest BCUT2D eigenvalue weighted by molar-refractivity contribution is -0.918. The molecule has 6 heteroatoms. The minimum Gasteiger partial charge on any atom is -0.347 e. The Morgan fingerprint density at radius 1 is 1.14 bits per heavy atom. The van der Waals surface area contributed by atoms with Gasteiger partial charge >= 0.3 is 0 Å². The van der Waals surface area contributed by atoms with Crippen LogP contribution >= 0.6 is 22.7 Å². The second-order valence-corrected chi connectivity index (χ2v) is 9.16. The van der Waals surface area contributed by atoms with Crippen LogP contribution in [0.25, 0.3) is 10.6 Å². The van der Waals surface area contributed by atoms with Gasteiger partial charge in [0, 0.05) is 23.1 Å². The van der Waals surface area contributed by atoms with E-state index in [0.717, 1.165) is 22.8 Å². The lowest BCUT2D eigenvalue weighted by atomic mass is 10.0. The molecule has 0 saturated carbocycles. The molecule has 0 atom stereocenters. The van der Waals surface area contributed by atoms with Gasteiger partial charge in [0.25, 0.3) is 5.91 Å². The van der Waals surface area contributed by atoms with Gasteiger partial charge in [0.2, 0.25) is 0 Å². The van der Waals surface area contributed by atoms with Gasteiger partial charge in [-0.25, -0.2) is 4.98 Å². The lowest BCUT2D eigenvalue weighted by Gasteiger charge is -2.24. The number of carbonyl (C=O) groups is 1. The molecule has 0 unspecified atom stereocenters. The number of nitrogens with one attached hydrogen (secondary N) is 2. The molecule has 2 aromatic heterocycles. The number of nitrogens with zero attached hydrogens (tertiary/aromatic N) is 1. The van der Waals surface area contributed by atoms with Crippen LogP contribution in [0.3, 0.4) is 0 Å². The number of benzene rings is 1. The number of carbonyl (C=O) groups excluding carboxylic acids is 1. The van der Waals surface area contributed by atoms with Crippen molar-refractivity contribution >= 4 is 28.6 Å². The number of aromatic nitrogens is 1. The van der Waals surface area contributed by atoms with Crippen LogP contribution in [0.5, 0.6) is 0 Å². The first kappa shape index (κ1) is 19.3. The fraction of sp³-hybridized carbons (Fsp3) is 0.364. The van der Waals surface area contributed by atoms with Crippen LogP contribution in [-0.4, -0.2) is 24.0 Å². The Balaban J connectivity index is 1.42. The maximum atomic E-state index is 12.8. The molecular weight excluding hydrogens is 386 g/mol. The first-order valence-electron chi connectivity index (χ1n) is 9.89. The zero-order valence-corrected chi connectivity index (χ0v) is 17.8. The van der Waals surface area contributed by atoms with Crippen molar-refractivity contribution < 1.29 is 9.69 Å². The smallest absolute Gasteiger partial charge is 0.263 e. The van der Waals surface area contributed by atoms with Gasteiger partial charge in [-0.2, -0.15) is 11.3 Å². The van der Waals surface area contributed by atoms with Crippen molar-refractivity contribution in [1.82, 2.24) is 10.3 Å². The van der Waals surface area contributed by atoms with E-state index in [1.807, 2.05) is 18.4 Å². The van der Waals surface area contributed by atoms with Gasteiger partial charge in [0.05, 0.1) is 18.8 Å². The van der Waals surface area contributed by atoms with Crippen molar-refractivity contribution in [2.45, 2.75) is 39.3 Å². The summed E-state index contributed by atoms with van der Waals surface area (Å²) in [5.74, 6) is -0.0309. The molecule has 3 aromatic rings. The van der Waals surface area contributed by atoms with Crippen LogP contribution in [-0.2, 0) is 13.1 Å². The van der Waals surface area contributed by atoms with Crippen LogP contribution in [0.2, 0.25) is 0 Å². The molecule has 0 radical (unpaired) electrons. The molecule has 4 rings (SSSR count). The van der Waals surface area contributed by atoms with Crippen molar-refractivity contribution in [3.8, 4) is 10.6 Å². The maximum absolute atomic E-state index is 12.8. The van der Waals surface area contributed by atoms with E-state index in [9.17, 15) is 4.79 Å². The third kappa shape index (κ3) is 4.51. The van der Waals surface area contributed by atoms with E-state index in [0.29, 0.717) is 11.4 Å². The topological polar surface area (TPSA) is 46.4 Å². The standard InChI is InChI=1S/C22H25N3OS2/c1-16-20(28-22(24-16)19-9-12-27-15-19)21(26)23-13-17-7-3-4-8-18(17)14-25-10-5-2-6-11-25/h3-4,7-9,12,15H,2,5-6,10-11,13-14H2,1H3,(H,23,26)/p+1. The van der Waals surface area contributed by atoms with Crippen LogP contribution in [0.1, 0.15) is 45.8 Å². The largest absolute Gasteiger partial charge is 0.347 e. The number of hydrogen-bond acceptors (Lipinski definition) is 4. The molecule has 0 spiro atoms. The molecule has 1 saturated heterocycles. The maximum Gasteiger partial charge on any atom is 0.263 e. The third-order valence-corrected chi connectivity index (χ3v) is 7.22. The molecule has 0 aliphatic carbocycles. The molecule has 0 bridgehead atoms. The molecule has 1 fully saturated rings. The summed E-state index contributed by atoms with van der Waals surface area (Å²) >= 11 is 3.12. The van der Waals surface area contributed by atoms with Gasteiger partial charge in [0.15, 0.2) is 0 Å². The summed E-state index contributed by atoms with van der Waals surface area (Å²) in [5, 5.41) is 8.14. The number of thiophene rings is 1. The quantitative estimate of drug-likeness (QED) is 0.649. The minimum absolute atomic E-state index is 0.0309. The van der Waals surface area contributed by atoms with E-state index in [1.54, 1.807) is 16.2 Å². The summed E-state index contributed by atoms with van der Waals surface area (Å²) in [4.78, 5) is 19.7. The van der Waals surface area contributed by atoms with Gasteiger partial charge in [-0.3, -0.25) is 4.79 Å². The molecule has 2 N–H and O–H groups in total. The van der Waals surface area contributed by atoms with Crippen molar-refractivity contribution in [2.24, 2.45) is 0 Å². The average molecular weight is 413 g/mol. The molecule has 146 valence electrons. The minimum atomic E-state index is -0.0309. The average Bonchev–Trinajstić information content (AvgIpc) is 3.37. The number of likely N-dealkylation sites (tertiary alicyclic amines) is 1. The number of hydrogen-bond donors (Lipinski definition) is 2. The number of aryl methyl sites for hydroxylation is 1. The SMILES string of the molecule is Cc1nc(-c2ccsc2)sc1C(=O)NCc1ccccc1C[NH+]1CCCCC1. The Kier molecular flexibility index (Phi) is 6.20.